The lowest BCUT2D eigenvalue weighted by molar-refractivity contribution is -0.140. The van der Waals surface area contributed by atoms with E-state index < -0.39 is 5.97 Å². The molecule has 0 aliphatic rings. The summed E-state index contributed by atoms with van der Waals surface area (Å²) in [4.78, 5) is 29.0. The van der Waals surface area contributed by atoms with Crippen molar-refractivity contribution in [1.82, 2.24) is 4.57 Å². The van der Waals surface area contributed by atoms with E-state index in [0.29, 0.717) is 14.8 Å². The molecule has 0 aliphatic carbocycles. The minimum absolute atomic E-state index is 0.0135. The second-order valence-corrected chi connectivity index (χ2v) is 8.34. The zero-order chi connectivity index (χ0) is 22.1. The number of hydrogen-bond acceptors (Lipinski definition) is 4. The molecule has 0 spiro atoms. The first-order valence-corrected chi connectivity index (χ1v) is 11.1. The van der Waals surface area contributed by atoms with Gasteiger partial charge in [-0.3, -0.25) is 4.79 Å². The molecule has 3 aromatic carbocycles. The summed E-state index contributed by atoms with van der Waals surface area (Å²) < 4.78 is 2.81. The molecule has 6 heteroatoms. The van der Waals surface area contributed by atoms with Crippen molar-refractivity contribution in [3.63, 3.8) is 0 Å². The maximum Gasteiger partial charge on any atom is 0.332 e. The van der Waals surface area contributed by atoms with Crippen LogP contribution in [0, 0.1) is 6.92 Å². The number of nitrogens with zero attached hydrogens (tertiary/aromatic N) is 2. The molecule has 0 radical (unpaired) electrons. The Balaban J connectivity index is 1.89. The van der Waals surface area contributed by atoms with Crippen molar-refractivity contribution in [2.24, 2.45) is 5.16 Å². The van der Waals surface area contributed by atoms with E-state index in [0.717, 1.165) is 39.5 Å². The summed E-state index contributed by atoms with van der Waals surface area (Å²) in [6.07, 6.45) is 0. The molecule has 31 heavy (non-hydrogen) atoms. The van der Waals surface area contributed by atoms with Gasteiger partial charge in [0.2, 0.25) is 0 Å². The molecular weight excluding hydrogens is 503 g/mol. The van der Waals surface area contributed by atoms with Crippen LogP contribution < -0.4 is 0 Å². The average molecular weight is 524 g/mol. The zero-order valence-corrected chi connectivity index (χ0v) is 19.6. The van der Waals surface area contributed by atoms with Crippen LogP contribution in [0.1, 0.15) is 40.9 Å². The van der Waals surface area contributed by atoms with E-state index in [1.54, 1.807) is 0 Å². The van der Waals surface area contributed by atoms with Crippen LogP contribution in [0.4, 0.5) is 0 Å². The van der Waals surface area contributed by atoms with Crippen molar-refractivity contribution in [3.8, 4) is 0 Å². The summed E-state index contributed by atoms with van der Waals surface area (Å²) >= 11 is 2.05. The molecule has 4 rings (SSSR count). The molecule has 4 aromatic rings. The molecule has 0 aliphatic heterocycles. The Kier molecular flexibility index (Phi) is 5.91. The van der Waals surface area contributed by atoms with Gasteiger partial charge in [-0.05, 0) is 72.3 Å². The molecule has 0 fully saturated rings. The smallest absolute Gasteiger partial charge is 0.332 e. The van der Waals surface area contributed by atoms with Crippen LogP contribution in [0.3, 0.4) is 0 Å². The Morgan fingerprint density at radius 3 is 2.19 bits per heavy atom. The van der Waals surface area contributed by atoms with Crippen molar-refractivity contribution >= 4 is 59.9 Å². The van der Waals surface area contributed by atoms with Gasteiger partial charge in [0.05, 0.1) is 0 Å². The van der Waals surface area contributed by atoms with Crippen molar-refractivity contribution in [2.45, 2.75) is 27.3 Å². The fourth-order valence-electron chi connectivity index (χ4n) is 3.85. The van der Waals surface area contributed by atoms with Gasteiger partial charge in [-0.2, -0.15) is 0 Å². The number of carbonyl (C=O) groups is 2. The first-order valence-electron chi connectivity index (χ1n) is 9.98. The number of benzene rings is 3. The Hall–Kier alpha value is -3.00. The fourth-order valence-corrected chi connectivity index (χ4v) is 4.29. The minimum atomic E-state index is -0.461. The van der Waals surface area contributed by atoms with E-state index in [9.17, 15) is 9.59 Å². The first kappa shape index (κ1) is 21.2. The van der Waals surface area contributed by atoms with Gasteiger partial charge < -0.3 is 9.40 Å². The highest BCUT2D eigenvalue weighted by atomic mass is 127. The zero-order valence-electron chi connectivity index (χ0n) is 17.5. The van der Waals surface area contributed by atoms with E-state index in [4.69, 9.17) is 4.84 Å². The van der Waals surface area contributed by atoms with Crippen molar-refractivity contribution in [1.29, 1.82) is 0 Å². The van der Waals surface area contributed by atoms with Crippen molar-refractivity contribution in [3.05, 3.63) is 82.9 Å². The first-order chi connectivity index (χ1) is 14.9. The summed E-state index contributed by atoms with van der Waals surface area (Å²) in [5.74, 6) is -0.447. The van der Waals surface area contributed by atoms with Crippen molar-refractivity contribution in [2.75, 3.05) is 0 Å². The van der Waals surface area contributed by atoms with E-state index in [-0.39, 0.29) is 5.78 Å². The second-order valence-electron chi connectivity index (χ2n) is 7.32. The summed E-state index contributed by atoms with van der Waals surface area (Å²) in [6, 6.07) is 19.5. The third kappa shape index (κ3) is 3.99. The third-order valence-corrected chi connectivity index (χ3v) is 6.15. The van der Waals surface area contributed by atoms with E-state index in [2.05, 4.69) is 39.2 Å². The quantitative estimate of drug-likeness (QED) is 0.106. The van der Waals surface area contributed by atoms with Gasteiger partial charge in [0, 0.05) is 52.0 Å². The summed E-state index contributed by atoms with van der Waals surface area (Å²) in [5, 5.41) is 5.93. The van der Waals surface area contributed by atoms with Crippen LogP contribution in [0.25, 0.3) is 21.8 Å². The van der Waals surface area contributed by atoms with Crippen LogP contribution in [0.5, 0.6) is 0 Å². The second kappa shape index (κ2) is 8.63. The molecule has 0 saturated heterocycles. The lowest BCUT2D eigenvalue weighted by atomic mass is 9.98. The Morgan fingerprint density at radius 2 is 1.58 bits per heavy atom. The predicted molar refractivity (Wildman–Crippen MR) is 132 cm³/mol. The monoisotopic (exact) mass is 524 g/mol. The normalized spacial score (nSPS) is 11.8. The van der Waals surface area contributed by atoms with E-state index >= 15 is 0 Å². The molecule has 1 heterocycles. The summed E-state index contributed by atoms with van der Waals surface area (Å²) in [6.45, 7) is 6.18. The van der Waals surface area contributed by atoms with Gasteiger partial charge in [-0.15, -0.1) is 0 Å². The number of aromatic nitrogens is 1. The predicted octanol–water partition coefficient (Wildman–Crippen LogP) is 6.01. The summed E-state index contributed by atoms with van der Waals surface area (Å²) in [7, 11) is 0. The van der Waals surface area contributed by atoms with Crippen molar-refractivity contribution < 1.29 is 14.4 Å². The molecule has 1 aromatic heterocycles. The average Bonchev–Trinajstić information content (AvgIpc) is 3.09. The van der Waals surface area contributed by atoms with E-state index in [1.165, 1.54) is 6.92 Å². The minimum Gasteiger partial charge on any atom is -0.341 e. The highest BCUT2D eigenvalue weighted by Crippen LogP contribution is 2.32. The molecule has 5 nitrogen and oxygen atoms in total. The number of fused-ring (bicyclic) bond motifs is 3. The molecule has 0 atom stereocenters. The molecule has 0 bridgehead atoms. The number of ketones is 1. The number of oxime groups is 1. The lowest BCUT2D eigenvalue weighted by Crippen LogP contribution is -2.03. The number of aryl methyl sites for hydroxylation is 2. The lowest BCUT2D eigenvalue weighted by Gasteiger charge is -2.06. The van der Waals surface area contributed by atoms with Gasteiger partial charge in [0.25, 0.3) is 0 Å². The SMILES string of the molecule is CCn1c2ccc(C(=O)c3ccccc3C)cc2c2cc(/C(I)=N\OC(C)=O)ccc21. The largest absolute Gasteiger partial charge is 0.341 e. The van der Waals surface area contributed by atoms with Crippen LogP contribution in [0.15, 0.2) is 65.8 Å². The molecule has 0 N–H and O–H groups in total. The molecule has 0 amide bonds. The third-order valence-electron chi connectivity index (χ3n) is 5.33. The highest BCUT2D eigenvalue weighted by Gasteiger charge is 2.16. The Bertz CT molecular complexity index is 1370. The molecule has 0 unspecified atom stereocenters. The highest BCUT2D eigenvalue weighted by molar-refractivity contribution is 14.1. The van der Waals surface area contributed by atoms with Gasteiger partial charge >= 0.3 is 5.97 Å². The van der Waals surface area contributed by atoms with Gasteiger partial charge in [-0.1, -0.05) is 35.5 Å². The van der Waals surface area contributed by atoms with Crippen LogP contribution >= 0.6 is 22.6 Å². The van der Waals surface area contributed by atoms with Gasteiger partial charge in [-0.25, -0.2) is 4.79 Å². The fraction of sp³-hybridized carbons (Fsp3) is 0.160. The Labute approximate surface area is 193 Å². The maximum atomic E-state index is 13.2. The number of carbonyl (C=O) groups excluding carboxylic acids is 2. The van der Waals surface area contributed by atoms with Gasteiger partial charge in [0.1, 0.15) is 3.72 Å². The number of rotatable bonds is 5. The molecular formula is C25H21IN2O3. The maximum absolute atomic E-state index is 13.2. The van der Waals surface area contributed by atoms with Gasteiger partial charge in [0.15, 0.2) is 5.78 Å². The Morgan fingerprint density at radius 1 is 0.968 bits per heavy atom. The van der Waals surface area contributed by atoms with Crippen LogP contribution in [-0.2, 0) is 16.2 Å². The summed E-state index contributed by atoms with van der Waals surface area (Å²) in [5.41, 5.74) is 5.33. The number of hydrogen-bond donors (Lipinski definition) is 0. The molecule has 0 saturated carbocycles. The standard InChI is InChI=1S/C25H21IN2O3/c1-4-28-22-11-9-17(24(30)19-8-6-5-7-15(19)2)13-20(22)21-14-18(10-12-23(21)28)25(26)27-31-16(3)29/h5-14H,4H2,1-3H3/b27-25+. The van der Waals surface area contributed by atoms with Crippen LogP contribution in [0.2, 0.25) is 0 Å². The van der Waals surface area contributed by atoms with E-state index in [1.807, 2.05) is 67.6 Å². The molecule has 156 valence electrons. The van der Waals surface area contributed by atoms with Crippen LogP contribution in [-0.4, -0.2) is 20.0 Å². The number of halogens is 1. The topological polar surface area (TPSA) is 60.7 Å².